The Labute approximate surface area is 118 Å². The second-order valence-corrected chi connectivity index (χ2v) is 4.93. The van der Waals surface area contributed by atoms with Crippen molar-refractivity contribution in [3.05, 3.63) is 65.2 Å². The van der Waals surface area contributed by atoms with Gasteiger partial charge < -0.3 is 10.1 Å². The first kappa shape index (κ1) is 12.9. The van der Waals surface area contributed by atoms with E-state index < -0.39 is 0 Å². The standard InChI is InChI=1S/C17H17NO2/c1-20-14-8-6-13(7-9-14)17(19)16-15-5-3-2-4-12(15)10-11-18-16/h2-9,16,18H,10-11H2,1H3. The van der Waals surface area contributed by atoms with Crippen LogP contribution in [0.2, 0.25) is 0 Å². The molecule has 0 fully saturated rings. The van der Waals surface area contributed by atoms with E-state index in [1.165, 1.54) is 5.56 Å². The number of carbonyl (C=O) groups is 1. The molecule has 1 atom stereocenters. The van der Waals surface area contributed by atoms with Crippen LogP contribution in [0.4, 0.5) is 0 Å². The minimum absolute atomic E-state index is 0.111. The van der Waals surface area contributed by atoms with Crippen molar-refractivity contribution in [2.45, 2.75) is 12.5 Å². The molecular weight excluding hydrogens is 250 g/mol. The van der Waals surface area contributed by atoms with Gasteiger partial charge in [-0.2, -0.15) is 0 Å². The van der Waals surface area contributed by atoms with E-state index in [1.54, 1.807) is 7.11 Å². The van der Waals surface area contributed by atoms with Crippen molar-refractivity contribution in [3.63, 3.8) is 0 Å². The van der Waals surface area contributed by atoms with Gasteiger partial charge in [-0.1, -0.05) is 24.3 Å². The lowest BCUT2D eigenvalue weighted by atomic mass is 9.89. The van der Waals surface area contributed by atoms with Crippen LogP contribution in [0.3, 0.4) is 0 Å². The number of methoxy groups -OCH3 is 1. The normalized spacial score (nSPS) is 17.4. The Morgan fingerprint density at radius 2 is 1.90 bits per heavy atom. The van der Waals surface area contributed by atoms with Crippen LogP contribution in [-0.4, -0.2) is 19.4 Å². The molecule has 0 aromatic heterocycles. The van der Waals surface area contributed by atoms with Crippen molar-refractivity contribution in [2.24, 2.45) is 0 Å². The summed E-state index contributed by atoms with van der Waals surface area (Å²) < 4.78 is 5.12. The summed E-state index contributed by atoms with van der Waals surface area (Å²) in [6.45, 7) is 0.837. The van der Waals surface area contributed by atoms with Crippen molar-refractivity contribution >= 4 is 5.78 Å². The fourth-order valence-corrected chi connectivity index (χ4v) is 2.66. The molecule has 1 heterocycles. The highest BCUT2D eigenvalue weighted by atomic mass is 16.5. The molecule has 0 aliphatic carbocycles. The van der Waals surface area contributed by atoms with E-state index in [0.29, 0.717) is 5.56 Å². The van der Waals surface area contributed by atoms with E-state index in [0.717, 1.165) is 24.3 Å². The summed E-state index contributed by atoms with van der Waals surface area (Å²) in [5, 5.41) is 3.32. The Morgan fingerprint density at radius 1 is 1.15 bits per heavy atom. The van der Waals surface area contributed by atoms with Crippen molar-refractivity contribution in [1.82, 2.24) is 5.32 Å². The molecule has 0 amide bonds. The van der Waals surface area contributed by atoms with Gasteiger partial charge in [0.05, 0.1) is 13.2 Å². The Balaban J connectivity index is 1.91. The molecule has 1 aliphatic rings. The highest BCUT2D eigenvalue weighted by Crippen LogP contribution is 2.26. The van der Waals surface area contributed by atoms with Crippen LogP contribution in [0.25, 0.3) is 0 Å². The van der Waals surface area contributed by atoms with Gasteiger partial charge in [0, 0.05) is 12.1 Å². The quantitative estimate of drug-likeness (QED) is 0.869. The van der Waals surface area contributed by atoms with E-state index in [2.05, 4.69) is 11.4 Å². The Kier molecular flexibility index (Phi) is 3.52. The van der Waals surface area contributed by atoms with Crippen molar-refractivity contribution in [3.8, 4) is 5.75 Å². The zero-order valence-electron chi connectivity index (χ0n) is 11.4. The summed E-state index contributed by atoms with van der Waals surface area (Å²) in [6, 6.07) is 15.2. The summed E-state index contributed by atoms with van der Waals surface area (Å²) in [5.74, 6) is 0.873. The number of fused-ring (bicyclic) bond motifs is 1. The second-order valence-electron chi connectivity index (χ2n) is 4.93. The third-order valence-corrected chi connectivity index (χ3v) is 3.75. The van der Waals surface area contributed by atoms with Crippen molar-refractivity contribution in [1.29, 1.82) is 0 Å². The predicted molar refractivity (Wildman–Crippen MR) is 78.2 cm³/mol. The molecule has 2 aromatic carbocycles. The van der Waals surface area contributed by atoms with Gasteiger partial charge in [0.1, 0.15) is 5.75 Å². The largest absolute Gasteiger partial charge is 0.497 e. The highest BCUT2D eigenvalue weighted by Gasteiger charge is 2.26. The van der Waals surface area contributed by atoms with Crippen LogP contribution in [0.5, 0.6) is 5.75 Å². The summed E-state index contributed by atoms with van der Waals surface area (Å²) in [5.41, 5.74) is 3.07. The summed E-state index contributed by atoms with van der Waals surface area (Å²) in [7, 11) is 1.62. The smallest absolute Gasteiger partial charge is 0.184 e. The van der Waals surface area contributed by atoms with E-state index in [9.17, 15) is 4.79 Å². The maximum atomic E-state index is 12.7. The van der Waals surface area contributed by atoms with Gasteiger partial charge in [-0.15, -0.1) is 0 Å². The number of benzene rings is 2. The van der Waals surface area contributed by atoms with Crippen LogP contribution in [-0.2, 0) is 6.42 Å². The Morgan fingerprint density at radius 3 is 2.65 bits per heavy atom. The van der Waals surface area contributed by atoms with Crippen LogP contribution >= 0.6 is 0 Å². The van der Waals surface area contributed by atoms with E-state index >= 15 is 0 Å². The van der Waals surface area contributed by atoms with Gasteiger partial charge in [-0.25, -0.2) is 0 Å². The van der Waals surface area contributed by atoms with Gasteiger partial charge in [0.25, 0.3) is 0 Å². The van der Waals surface area contributed by atoms with E-state index in [-0.39, 0.29) is 11.8 Å². The summed E-state index contributed by atoms with van der Waals surface area (Å²) in [6.07, 6.45) is 0.975. The van der Waals surface area contributed by atoms with Crippen LogP contribution in [0.15, 0.2) is 48.5 Å². The monoisotopic (exact) mass is 267 g/mol. The minimum atomic E-state index is -0.242. The Bertz CT molecular complexity index is 619. The summed E-state index contributed by atoms with van der Waals surface area (Å²) >= 11 is 0. The number of carbonyl (C=O) groups excluding carboxylic acids is 1. The molecule has 0 spiro atoms. The molecular formula is C17H17NO2. The number of hydrogen-bond donors (Lipinski definition) is 1. The van der Waals surface area contributed by atoms with E-state index in [1.807, 2.05) is 42.5 Å². The molecule has 20 heavy (non-hydrogen) atoms. The number of hydrogen-bond acceptors (Lipinski definition) is 3. The molecule has 102 valence electrons. The number of rotatable bonds is 3. The second kappa shape index (κ2) is 5.47. The third-order valence-electron chi connectivity index (χ3n) is 3.75. The SMILES string of the molecule is COc1ccc(C(=O)C2NCCc3ccccc32)cc1. The molecule has 0 saturated heterocycles. The van der Waals surface area contributed by atoms with Crippen LogP contribution in [0.1, 0.15) is 27.5 Å². The first-order valence-electron chi connectivity index (χ1n) is 6.79. The predicted octanol–water partition coefficient (Wildman–Crippen LogP) is 2.76. The van der Waals surface area contributed by atoms with Crippen molar-refractivity contribution in [2.75, 3.05) is 13.7 Å². The molecule has 0 radical (unpaired) electrons. The zero-order valence-corrected chi connectivity index (χ0v) is 11.4. The molecule has 3 rings (SSSR count). The van der Waals surface area contributed by atoms with E-state index in [4.69, 9.17) is 4.74 Å². The average molecular weight is 267 g/mol. The molecule has 1 N–H and O–H groups in total. The summed E-state index contributed by atoms with van der Waals surface area (Å²) in [4.78, 5) is 12.7. The first-order chi connectivity index (χ1) is 9.79. The lowest BCUT2D eigenvalue weighted by Crippen LogP contribution is -2.35. The van der Waals surface area contributed by atoms with Gasteiger partial charge in [0.2, 0.25) is 0 Å². The minimum Gasteiger partial charge on any atom is -0.497 e. The molecule has 1 unspecified atom stereocenters. The number of nitrogens with one attached hydrogen (secondary N) is 1. The molecule has 1 aliphatic heterocycles. The number of ether oxygens (including phenoxy) is 1. The zero-order chi connectivity index (χ0) is 13.9. The topological polar surface area (TPSA) is 38.3 Å². The van der Waals surface area contributed by atoms with Gasteiger partial charge in [-0.05, 0) is 41.8 Å². The molecule has 0 bridgehead atoms. The lowest BCUT2D eigenvalue weighted by Gasteiger charge is -2.25. The van der Waals surface area contributed by atoms with Crippen molar-refractivity contribution < 1.29 is 9.53 Å². The maximum absolute atomic E-state index is 12.7. The molecule has 2 aromatic rings. The van der Waals surface area contributed by atoms with Crippen LogP contribution in [0, 0.1) is 0 Å². The average Bonchev–Trinajstić information content (AvgIpc) is 2.54. The highest BCUT2D eigenvalue weighted by molar-refractivity contribution is 6.01. The Hall–Kier alpha value is -2.13. The van der Waals surface area contributed by atoms with Gasteiger partial charge in [0.15, 0.2) is 5.78 Å². The fraction of sp³-hybridized carbons (Fsp3) is 0.235. The maximum Gasteiger partial charge on any atom is 0.184 e. The lowest BCUT2D eigenvalue weighted by molar-refractivity contribution is 0.0939. The van der Waals surface area contributed by atoms with Gasteiger partial charge >= 0.3 is 0 Å². The first-order valence-corrected chi connectivity index (χ1v) is 6.79. The van der Waals surface area contributed by atoms with Crippen LogP contribution < -0.4 is 10.1 Å². The molecule has 3 nitrogen and oxygen atoms in total. The third kappa shape index (κ3) is 2.32. The number of Topliss-reactive ketones (excluding diaryl/α,β-unsaturated/α-hetero) is 1. The fourth-order valence-electron chi connectivity index (χ4n) is 2.66. The molecule has 3 heteroatoms. The van der Waals surface area contributed by atoms with Gasteiger partial charge in [-0.3, -0.25) is 4.79 Å². The number of ketones is 1. The molecule has 0 saturated carbocycles.